The molecule has 1 amide bonds. The first-order chi connectivity index (χ1) is 10.6. The Bertz CT molecular complexity index is 668. The summed E-state index contributed by atoms with van der Waals surface area (Å²) >= 11 is 3.43. The number of halogens is 1. The molecule has 0 aliphatic rings. The molecule has 2 aromatic rings. The average molecular weight is 360 g/mol. The second-order valence-electron chi connectivity index (χ2n) is 5.15. The molecule has 0 unspecified atom stereocenters. The summed E-state index contributed by atoms with van der Waals surface area (Å²) in [6, 6.07) is 14.8. The Morgan fingerprint density at radius 3 is 2.45 bits per heavy atom. The van der Waals surface area contributed by atoms with E-state index in [1.807, 2.05) is 43.3 Å². The maximum atomic E-state index is 11.9. The molecule has 22 heavy (non-hydrogen) atoms. The van der Waals surface area contributed by atoms with E-state index in [2.05, 4.69) is 21.2 Å². The first-order valence-corrected chi connectivity index (χ1v) is 8.00. The van der Waals surface area contributed by atoms with E-state index in [0.717, 1.165) is 15.7 Å². The standard InChI is InChI=1S/C18H18BrNO2/c1-13-12-15(10-11-16(13)19)20-18(22)9-5-8-17(21)14-6-3-2-4-7-14/h2-4,6-7,10-12H,5,8-9H2,1H3,(H,20,22). The van der Waals surface area contributed by atoms with Crippen molar-refractivity contribution in [2.75, 3.05) is 5.32 Å². The summed E-state index contributed by atoms with van der Waals surface area (Å²) < 4.78 is 1.01. The zero-order valence-electron chi connectivity index (χ0n) is 12.4. The number of nitrogens with one attached hydrogen (secondary N) is 1. The number of benzene rings is 2. The van der Waals surface area contributed by atoms with Gasteiger partial charge in [0, 0.05) is 28.6 Å². The summed E-state index contributed by atoms with van der Waals surface area (Å²) in [7, 11) is 0. The van der Waals surface area contributed by atoms with E-state index >= 15 is 0 Å². The smallest absolute Gasteiger partial charge is 0.224 e. The lowest BCUT2D eigenvalue weighted by molar-refractivity contribution is -0.116. The molecule has 0 aromatic heterocycles. The van der Waals surface area contributed by atoms with Crippen LogP contribution in [0.2, 0.25) is 0 Å². The Hall–Kier alpha value is -1.94. The van der Waals surface area contributed by atoms with Gasteiger partial charge in [-0.25, -0.2) is 0 Å². The number of anilines is 1. The number of hydrogen-bond acceptors (Lipinski definition) is 2. The third kappa shape index (κ3) is 4.81. The number of ketones is 1. The van der Waals surface area contributed by atoms with Gasteiger partial charge in [0.15, 0.2) is 5.78 Å². The van der Waals surface area contributed by atoms with E-state index < -0.39 is 0 Å². The van der Waals surface area contributed by atoms with Crippen LogP contribution in [0.3, 0.4) is 0 Å². The molecule has 3 nitrogen and oxygen atoms in total. The first-order valence-electron chi connectivity index (χ1n) is 7.20. The van der Waals surface area contributed by atoms with Crippen LogP contribution in [0.15, 0.2) is 53.0 Å². The Morgan fingerprint density at radius 2 is 1.77 bits per heavy atom. The number of carbonyl (C=O) groups excluding carboxylic acids is 2. The van der Waals surface area contributed by atoms with Crippen molar-refractivity contribution in [2.45, 2.75) is 26.2 Å². The average Bonchev–Trinajstić information content (AvgIpc) is 2.51. The van der Waals surface area contributed by atoms with Crippen molar-refractivity contribution in [3.05, 3.63) is 64.1 Å². The minimum absolute atomic E-state index is 0.0671. The number of rotatable bonds is 6. The summed E-state index contributed by atoms with van der Waals surface area (Å²) in [5.41, 5.74) is 2.54. The maximum absolute atomic E-state index is 11.9. The predicted octanol–water partition coefficient (Wildman–Crippen LogP) is 4.75. The quantitative estimate of drug-likeness (QED) is 0.756. The van der Waals surface area contributed by atoms with Crippen LogP contribution < -0.4 is 5.32 Å². The van der Waals surface area contributed by atoms with E-state index in [9.17, 15) is 9.59 Å². The summed E-state index contributed by atoms with van der Waals surface area (Å²) in [6.45, 7) is 1.97. The van der Waals surface area contributed by atoms with Crippen LogP contribution in [-0.2, 0) is 4.79 Å². The second kappa shape index (κ2) is 7.90. The molecule has 114 valence electrons. The van der Waals surface area contributed by atoms with Gasteiger partial charge in [0.2, 0.25) is 5.91 Å². The second-order valence-corrected chi connectivity index (χ2v) is 6.01. The largest absolute Gasteiger partial charge is 0.326 e. The maximum Gasteiger partial charge on any atom is 0.224 e. The van der Waals surface area contributed by atoms with Gasteiger partial charge < -0.3 is 5.32 Å². The van der Waals surface area contributed by atoms with Crippen LogP contribution in [0.5, 0.6) is 0 Å². The van der Waals surface area contributed by atoms with Crippen LogP contribution in [0.1, 0.15) is 35.2 Å². The van der Waals surface area contributed by atoms with Crippen molar-refractivity contribution in [1.29, 1.82) is 0 Å². The normalized spacial score (nSPS) is 10.3. The van der Waals surface area contributed by atoms with Gasteiger partial charge in [-0.3, -0.25) is 9.59 Å². The molecule has 2 rings (SSSR count). The molecule has 0 aliphatic heterocycles. The highest BCUT2D eigenvalue weighted by atomic mass is 79.9. The van der Waals surface area contributed by atoms with Crippen LogP contribution in [0.4, 0.5) is 5.69 Å². The van der Waals surface area contributed by atoms with Crippen LogP contribution in [-0.4, -0.2) is 11.7 Å². The van der Waals surface area contributed by atoms with E-state index in [1.165, 1.54) is 0 Å². The minimum atomic E-state index is -0.0671. The van der Waals surface area contributed by atoms with E-state index in [1.54, 1.807) is 12.1 Å². The Kier molecular flexibility index (Phi) is 5.90. The molecular weight excluding hydrogens is 342 g/mol. The molecule has 0 atom stereocenters. The lowest BCUT2D eigenvalue weighted by Gasteiger charge is -2.07. The summed E-state index contributed by atoms with van der Waals surface area (Å²) in [5, 5.41) is 2.85. The van der Waals surface area contributed by atoms with Gasteiger partial charge in [0.05, 0.1) is 0 Å². The topological polar surface area (TPSA) is 46.2 Å². The van der Waals surface area contributed by atoms with Gasteiger partial charge in [0.25, 0.3) is 0 Å². The molecule has 0 radical (unpaired) electrons. The monoisotopic (exact) mass is 359 g/mol. The van der Waals surface area contributed by atoms with Crippen molar-refractivity contribution < 1.29 is 9.59 Å². The van der Waals surface area contributed by atoms with Gasteiger partial charge in [-0.05, 0) is 37.1 Å². The molecule has 1 N–H and O–H groups in total. The Morgan fingerprint density at radius 1 is 1.05 bits per heavy atom. The van der Waals surface area contributed by atoms with Gasteiger partial charge in [-0.1, -0.05) is 46.3 Å². The molecule has 4 heteroatoms. The highest BCUT2D eigenvalue weighted by Crippen LogP contribution is 2.20. The zero-order chi connectivity index (χ0) is 15.9. The molecule has 0 saturated heterocycles. The van der Waals surface area contributed by atoms with Crippen LogP contribution >= 0.6 is 15.9 Å². The Balaban J connectivity index is 1.78. The highest BCUT2D eigenvalue weighted by Gasteiger charge is 2.08. The third-order valence-corrected chi connectivity index (χ3v) is 4.23. The summed E-state index contributed by atoms with van der Waals surface area (Å²) in [6.07, 6.45) is 1.28. The SMILES string of the molecule is Cc1cc(NC(=O)CCCC(=O)c2ccccc2)ccc1Br. The van der Waals surface area contributed by atoms with Crippen molar-refractivity contribution in [1.82, 2.24) is 0 Å². The molecular formula is C18H18BrNO2. The van der Waals surface area contributed by atoms with Gasteiger partial charge in [-0.15, -0.1) is 0 Å². The van der Waals surface area contributed by atoms with Crippen molar-refractivity contribution in [2.24, 2.45) is 0 Å². The number of Topliss-reactive ketones (excluding diaryl/α,β-unsaturated/α-hetero) is 1. The molecule has 2 aromatic carbocycles. The molecule has 0 heterocycles. The highest BCUT2D eigenvalue weighted by molar-refractivity contribution is 9.10. The molecule has 0 fully saturated rings. The van der Waals surface area contributed by atoms with E-state index in [4.69, 9.17) is 0 Å². The van der Waals surface area contributed by atoms with Crippen molar-refractivity contribution in [3.63, 3.8) is 0 Å². The lowest BCUT2D eigenvalue weighted by atomic mass is 10.1. The predicted molar refractivity (Wildman–Crippen MR) is 92.1 cm³/mol. The minimum Gasteiger partial charge on any atom is -0.326 e. The molecule has 0 saturated carbocycles. The van der Waals surface area contributed by atoms with Gasteiger partial charge in [0.1, 0.15) is 0 Å². The first kappa shape index (κ1) is 16.4. The van der Waals surface area contributed by atoms with Gasteiger partial charge >= 0.3 is 0 Å². The van der Waals surface area contributed by atoms with Crippen LogP contribution in [0.25, 0.3) is 0 Å². The molecule has 0 spiro atoms. The van der Waals surface area contributed by atoms with E-state index in [0.29, 0.717) is 24.8 Å². The molecule has 0 bridgehead atoms. The van der Waals surface area contributed by atoms with Gasteiger partial charge in [-0.2, -0.15) is 0 Å². The third-order valence-electron chi connectivity index (χ3n) is 3.35. The zero-order valence-corrected chi connectivity index (χ0v) is 14.0. The fourth-order valence-corrected chi connectivity index (χ4v) is 2.37. The number of carbonyl (C=O) groups is 2. The van der Waals surface area contributed by atoms with Crippen molar-refractivity contribution >= 4 is 33.3 Å². The number of aryl methyl sites for hydroxylation is 1. The molecule has 0 aliphatic carbocycles. The summed E-state index contributed by atoms with van der Waals surface area (Å²) in [4.78, 5) is 23.8. The Labute approximate surface area is 138 Å². The van der Waals surface area contributed by atoms with Crippen LogP contribution in [0, 0.1) is 6.92 Å². The fraction of sp³-hybridized carbons (Fsp3) is 0.222. The fourth-order valence-electron chi connectivity index (χ4n) is 2.12. The lowest BCUT2D eigenvalue weighted by Crippen LogP contribution is -2.12. The number of hydrogen-bond donors (Lipinski definition) is 1. The van der Waals surface area contributed by atoms with Crippen molar-refractivity contribution in [3.8, 4) is 0 Å². The van der Waals surface area contributed by atoms with E-state index in [-0.39, 0.29) is 11.7 Å². The summed E-state index contributed by atoms with van der Waals surface area (Å²) in [5.74, 6) is 0.00969. The number of amides is 1.